The number of H-pyrrole nitrogens is 1. The maximum absolute atomic E-state index is 12.1. The van der Waals surface area contributed by atoms with Gasteiger partial charge in [-0.1, -0.05) is 24.1 Å². The van der Waals surface area contributed by atoms with Crippen LogP contribution < -0.4 is 5.56 Å². The van der Waals surface area contributed by atoms with Crippen LogP contribution in [-0.4, -0.2) is 32.8 Å². The number of benzene rings is 1. The van der Waals surface area contributed by atoms with Gasteiger partial charge in [0.1, 0.15) is 11.4 Å². The van der Waals surface area contributed by atoms with Crippen LogP contribution in [0.5, 0.6) is 0 Å². The van der Waals surface area contributed by atoms with Crippen molar-refractivity contribution in [3.8, 4) is 0 Å². The highest BCUT2D eigenvalue weighted by Crippen LogP contribution is 2.22. The topological polar surface area (TPSA) is 109 Å². The fraction of sp³-hybridized carbons (Fsp3) is 0.133. The lowest BCUT2D eigenvalue weighted by Crippen LogP contribution is -2.34. The summed E-state index contributed by atoms with van der Waals surface area (Å²) < 4.78 is 0. The number of aromatic amines is 1. The molecule has 0 radical (unpaired) electrons. The maximum atomic E-state index is 12.1. The van der Waals surface area contributed by atoms with E-state index in [1.54, 1.807) is 19.1 Å². The first-order valence-corrected chi connectivity index (χ1v) is 6.81. The number of nitrogens with one attached hydrogen (secondary N) is 1. The summed E-state index contributed by atoms with van der Waals surface area (Å²) in [4.78, 5) is 59.1. The number of fused-ring (bicyclic) bond motifs is 1. The van der Waals surface area contributed by atoms with Crippen molar-refractivity contribution in [2.45, 2.75) is 13.3 Å². The second-order valence-corrected chi connectivity index (χ2v) is 4.76. The van der Waals surface area contributed by atoms with Crippen LogP contribution in [0.3, 0.4) is 0 Å². The minimum absolute atomic E-state index is 0.138. The SMILES string of the molecule is CCc1ncc(C(=O)ON2C(=O)c3ccccc3C2=O)c(=O)[nH]1. The number of aryl methyl sites for hydroxylation is 1. The molecule has 1 aromatic heterocycles. The Kier molecular flexibility index (Phi) is 3.49. The molecular weight excluding hydrogens is 302 g/mol. The molecule has 23 heavy (non-hydrogen) atoms. The van der Waals surface area contributed by atoms with E-state index in [1.165, 1.54) is 12.1 Å². The van der Waals surface area contributed by atoms with Crippen molar-refractivity contribution in [2.24, 2.45) is 0 Å². The van der Waals surface area contributed by atoms with Crippen molar-refractivity contribution in [1.82, 2.24) is 15.0 Å². The lowest BCUT2D eigenvalue weighted by molar-refractivity contribution is -0.0586. The van der Waals surface area contributed by atoms with E-state index in [9.17, 15) is 19.2 Å². The number of hydrogen-bond donors (Lipinski definition) is 1. The third-order valence-corrected chi connectivity index (χ3v) is 3.34. The van der Waals surface area contributed by atoms with Gasteiger partial charge in [0.25, 0.3) is 17.4 Å². The largest absolute Gasteiger partial charge is 0.371 e. The van der Waals surface area contributed by atoms with Crippen molar-refractivity contribution < 1.29 is 19.2 Å². The zero-order valence-corrected chi connectivity index (χ0v) is 12.0. The van der Waals surface area contributed by atoms with Crippen LogP contribution in [0.15, 0.2) is 35.3 Å². The van der Waals surface area contributed by atoms with Crippen molar-refractivity contribution in [1.29, 1.82) is 0 Å². The standard InChI is InChI=1S/C15H11N3O5/c1-2-11-16-7-10(12(19)17-11)15(22)23-18-13(20)8-5-3-4-6-9(8)14(18)21/h3-7H,2H2,1H3,(H,16,17,19). The van der Waals surface area contributed by atoms with Crippen LogP contribution >= 0.6 is 0 Å². The molecule has 0 saturated heterocycles. The summed E-state index contributed by atoms with van der Waals surface area (Å²) in [6.45, 7) is 1.79. The van der Waals surface area contributed by atoms with Crippen LogP contribution in [0, 0.1) is 0 Å². The first kappa shape index (κ1) is 14.6. The van der Waals surface area contributed by atoms with E-state index in [2.05, 4.69) is 9.97 Å². The van der Waals surface area contributed by atoms with E-state index in [4.69, 9.17) is 4.84 Å². The molecule has 2 amide bonds. The Morgan fingerprint density at radius 3 is 2.30 bits per heavy atom. The Morgan fingerprint density at radius 2 is 1.78 bits per heavy atom. The molecule has 0 unspecified atom stereocenters. The molecule has 1 aromatic carbocycles. The van der Waals surface area contributed by atoms with Crippen LogP contribution in [-0.2, 0) is 11.3 Å². The average molecular weight is 313 g/mol. The van der Waals surface area contributed by atoms with Gasteiger partial charge < -0.3 is 9.82 Å². The lowest BCUT2D eigenvalue weighted by Gasteiger charge is -2.12. The molecule has 1 N–H and O–H groups in total. The zero-order valence-electron chi connectivity index (χ0n) is 12.0. The first-order valence-electron chi connectivity index (χ1n) is 6.81. The van der Waals surface area contributed by atoms with Crippen LogP contribution in [0.1, 0.15) is 43.8 Å². The fourth-order valence-corrected chi connectivity index (χ4v) is 2.14. The van der Waals surface area contributed by atoms with E-state index < -0.39 is 28.9 Å². The van der Waals surface area contributed by atoms with Gasteiger partial charge in [0, 0.05) is 12.6 Å². The van der Waals surface area contributed by atoms with E-state index in [1.807, 2.05) is 0 Å². The number of imide groups is 1. The monoisotopic (exact) mass is 313 g/mol. The van der Waals surface area contributed by atoms with Gasteiger partial charge in [-0.3, -0.25) is 14.4 Å². The summed E-state index contributed by atoms with van der Waals surface area (Å²) >= 11 is 0. The smallest absolute Gasteiger partial charge is 0.324 e. The summed E-state index contributed by atoms with van der Waals surface area (Å²) in [6, 6.07) is 6.09. The average Bonchev–Trinajstić information content (AvgIpc) is 2.80. The van der Waals surface area contributed by atoms with Gasteiger partial charge in [-0.15, -0.1) is 0 Å². The van der Waals surface area contributed by atoms with Crippen LogP contribution in [0.25, 0.3) is 0 Å². The molecule has 0 aliphatic carbocycles. The molecule has 116 valence electrons. The van der Waals surface area contributed by atoms with Crippen molar-refractivity contribution in [3.63, 3.8) is 0 Å². The summed E-state index contributed by atoms with van der Waals surface area (Å²) in [6.07, 6.45) is 1.54. The Morgan fingerprint density at radius 1 is 1.17 bits per heavy atom. The zero-order chi connectivity index (χ0) is 16.6. The molecule has 8 nitrogen and oxygen atoms in total. The molecule has 1 aliphatic heterocycles. The van der Waals surface area contributed by atoms with Crippen LogP contribution in [0.2, 0.25) is 0 Å². The van der Waals surface area contributed by atoms with Gasteiger partial charge in [0.2, 0.25) is 0 Å². The van der Waals surface area contributed by atoms with E-state index >= 15 is 0 Å². The number of nitrogens with zero attached hydrogens (tertiary/aromatic N) is 2. The van der Waals surface area contributed by atoms with Crippen molar-refractivity contribution in [3.05, 3.63) is 63.3 Å². The predicted octanol–water partition coefficient (Wildman–Crippen LogP) is 0.700. The molecule has 0 spiro atoms. The Labute approximate surface area is 129 Å². The summed E-state index contributed by atoms with van der Waals surface area (Å²) in [5.74, 6) is -2.23. The second kappa shape index (κ2) is 5.48. The molecule has 1 aliphatic rings. The number of amides is 2. The number of aromatic nitrogens is 2. The van der Waals surface area contributed by atoms with Crippen LogP contribution in [0.4, 0.5) is 0 Å². The molecule has 0 saturated carbocycles. The second-order valence-electron chi connectivity index (χ2n) is 4.76. The number of hydroxylamine groups is 2. The molecule has 0 fully saturated rings. The van der Waals surface area contributed by atoms with E-state index in [-0.39, 0.29) is 11.1 Å². The minimum atomic E-state index is -1.13. The van der Waals surface area contributed by atoms with E-state index in [0.29, 0.717) is 17.3 Å². The minimum Gasteiger partial charge on any atom is -0.324 e. The summed E-state index contributed by atoms with van der Waals surface area (Å²) in [7, 11) is 0. The molecule has 3 rings (SSSR count). The Balaban J connectivity index is 1.86. The Bertz CT molecular complexity index is 852. The number of carbonyl (C=O) groups excluding carboxylic acids is 3. The Hall–Kier alpha value is -3.29. The molecule has 2 heterocycles. The third kappa shape index (κ3) is 2.39. The molecule has 0 atom stereocenters. The summed E-state index contributed by atoms with van der Waals surface area (Å²) in [5.41, 5.74) is -0.811. The molecule has 0 bridgehead atoms. The maximum Gasteiger partial charge on any atom is 0.371 e. The van der Waals surface area contributed by atoms with Crippen molar-refractivity contribution >= 4 is 17.8 Å². The van der Waals surface area contributed by atoms with E-state index in [0.717, 1.165) is 6.20 Å². The fourth-order valence-electron chi connectivity index (χ4n) is 2.14. The van der Waals surface area contributed by atoms with Gasteiger partial charge in [-0.25, -0.2) is 9.78 Å². The van der Waals surface area contributed by atoms with Gasteiger partial charge in [0.15, 0.2) is 0 Å². The van der Waals surface area contributed by atoms with Gasteiger partial charge in [0.05, 0.1) is 11.1 Å². The van der Waals surface area contributed by atoms with Crippen molar-refractivity contribution in [2.75, 3.05) is 0 Å². The first-order chi connectivity index (χ1) is 11.0. The normalized spacial score (nSPS) is 13.2. The number of carbonyl (C=O) groups is 3. The molecular formula is C15H11N3O5. The van der Waals surface area contributed by atoms with Gasteiger partial charge in [-0.2, -0.15) is 0 Å². The summed E-state index contributed by atoms with van der Waals surface area (Å²) in [5, 5.41) is 0.347. The highest BCUT2D eigenvalue weighted by atomic mass is 16.7. The van der Waals surface area contributed by atoms with Gasteiger partial charge >= 0.3 is 5.97 Å². The van der Waals surface area contributed by atoms with Gasteiger partial charge in [-0.05, 0) is 12.1 Å². The molecule has 8 heteroatoms. The lowest BCUT2D eigenvalue weighted by atomic mass is 10.1. The number of hydrogen-bond acceptors (Lipinski definition) is 6. The number of rotatable bonds is 3. The predicted molar refractivity (Wildman–Crippen MR) is 76.6 cm³/mol. The molecule has 2 aromatic rings. The quantitative estimate of drug-likeness (QED) is 0.835. The highest BCUT2D eigenvalue weighted by Gasteiger charge is 2.39. The third-order valence-electron chi connectivity index (χ3n) is 3.34. The highest BCUT2D eigenvalue weighted by molar-refractivity contribution is 6.21.